The van der Waals surface area contributed by atoms with Crippen LogP contribution in [0.4, 0.5) is 5.69 Å². The number of rotatable bonds is 8. The van der Waals surface area contributed by atoms with Crippen LogP contribution in [0.1, 0.15) is 28.7 Å². The van der Waals surface area contributed by atoms with E-state index in [4.69, 9.17) is 4.74 Å². The van der Waals surface area contributed by atoms with Crippen LogP contribution in [0.25, 0.3) is 0 Å². The van der Waals surface area contributed by atoms with Crippen LogP contribution in [0.5, 0.6) is 11.5 Å². The van der Waals surface area contributed by atoms with E-state index in [0.29, 0.717) is 29.0 Å². The highest BCUT2D eigenvalue weighted by Crippen LogP contribution is 2.31. The molecule has 152 valence electrons. The molecule has 0 spiro atoms. The van der Waals surface area contributed by atoms with Crippen molar-refractivity contribution in [3.63, 3.8) is 0 Å². The van der Waals surface area contributed by atoms with E-state index in [1.54, 1.807) is 24.3 Å². The third kappa shape index (κ3) is 6.21. The van der Waals surface area contributed by atoms with E-state index in [9.17, 15) is 14.7 Å². The van der Waals surface area contributed by atoms with Gasteiger partial charge in [-0.3, -0.25) is 9.59 Å². The number of allylic oxidation sites excluding steroid dienone is 1. The first-order valence-electron chi connectivity index (χ1n) is 9.03. The Morgan fingerprint density at radius 1 is 1.17 bits per heavy atom. The van der Waals surface area contributed by atoms with Gasteiger partial charge in [-0.05, 0) is 61.2 Å². The lowest BCUT2D eigenvalue weighted by atomic mass is 10.1. The first-order chi connectivity index (χ1) is 13.8. The summed E-state index contributed by atoms with van der Waals surface area (Å²) < 4.78 is 5.14. The van der Waals surface area contributed by atoms with Gasteiger partial charge >= 0.3 is 0 Å². The van der Waals surface area contributed by atoms with Gasteiger partial charge in [0.05, 0.1) is 13.3 Å². The van der Waals surface area contributed by atoms with Gasteiger partial charge in [0.15, 0.2) is 11.5 Å². The molecule has 2 aromatic rings. The summed E-state index contributed by atoms with van der Waals surface area (Å²) in [5, 5.41) is 16.6. The van der Waals surface area contributed by atoms with Gasteiger partial charge in [0.2, 0.25) is 11.8 Å². The summed E-state index contributed by atoms with van der Waals surface area (Å²) in [6.45, 7) is 7.59. The number of carbonyl (C=O) groups is 2. The molecule has 0 aromatic heterocycles. The van der Waals surface area contributed by atoms with Crippen molar-refractivity contribution in [2.45, 2.75) is 26.7 Å². The number of amides is 2. The number of phenolic OH excluding ortho intramolecular Hbond substituents is 1. The Bertz CT molecular complexity index is 951. The molecule has 7 heteroatoms. The number of anilines is 1. The molecule has 2 rings (SSSR count). The largest absolute Gasteiger partial charge is 0.504 e. The van der Waals surface area contributed by atoms with E-state index in [1.807, 2.05) is 26.0 Å². The van der Waals surface area contributed by atoms with Crippen molar-refractivity contribution in [2.75, 3.05) is 12.4 Å². The average Bonchev–Trinajstić information content (AvgIpc) is 2.67. The lowest BCUT2D eigenvalue weighted by Crippen LogP contribution is -2.24. The number of nitrogens with one attached hydrogen (secondary N) is 2. The smallest absolute Gasteiger partial charge is 0.249 e. The molecule has 0 fully saturated rings. The summed E-state index contributed by atoms with van der Waals surface area (Å²) in [7, 11) is 1.45. The van der Waals surface area contributed by atoms with Crippen LogP contribution >= 0.6 is 0 Å². The molecule has 0 unspecified atom stereocenters. The van der Waals surface area contributed by atoms with E-state index in [0.717, 1.165) is 11.1 Å². The number of benzene rings is 2. The molecule has 0 atom stereocenters. The van der Waals surface area contributed by atoms with Crippen LogP contribution in [0.3, 0.4) is 0 Å². The van der Waals surface area contributed by atoms with Crippen LogP contribution in [0.2, 0.25) is 0 Å². The number of aromatic hydroxyl groups is 1. The second-order valence-corrected chi connectivity index (χ2v) is 6.54. The molecule has 0 aliphatic rings. The molecular weight excluding hydrogens is 370 g/mol. The summed E-state index contributed by atoms with van der Waals surface area (Å²) >= 11 is 0. The molecule has 0 bridgehead atoms. The zero-order chi connectivity index (χ0) is 21.4. The minimum absolute atomic E-state index is 0.0385. The second kappa shape index (κ2) is 10.1. The highest BCUT2D eigenvalue weighted by atomic mass is 16.5. The summed E-state index contributed by atoms with van der Waals surface area (Å²) in [4.78, 5) is 24.0. The molecule has 3 N–H and O–H groups in total. The number of nitrogens with zero attached hydrogens (tertiary/aromatic N) is 1. The number of methoxy groups -OCH3 is 1. The molecule has 0 aliphatic carbocycles. The minimum Gasteiger partial charge on any atom is -0.504 e. The topological polar surface area (TPSA) is 100 Å². The van der Waals surface area contributed by atoms with Crippen LogP contribution in [-0.2, 0) is 16.0 Å². The lowest BCUT2D eigenvalue weighted by molar-refractivity contribution is -0.126. The number of aryl methyl sites for hydroxylation is 2. The number of hydrogen-bond acceptors (Lipinski definition) is 5. The Labute approximate surface area is 170 Å². The third-order valence-corrected chi connectivity index (χ3v) is 4.28. The Hall–Kier alpha value is -3.61. The van der Waals surface area contributed by atoms with Crippen LogP contribution in [0.15, 0.2) is 48.1 Å². The van der Waals surface area contributed by atoms with Gasteiger partial charge in [0.1, 0.15) is 6.42 Å². The maximum atomic E-state index is 12.0. The Morgan fingerprint density at radius 3 is 2.59 bits per heavy atom. The van der Waals surface area contributed by atoms with Gasteiger partial charge in [-0.2, -0.15) is 5.10 Å². The van der Waals surface area contributed by atoms with Gasteiger partial charge in [0.25, 0.3) is 0 Å². The Kier molecular flexibility index (Phi) is 7.54. The SMILES string of the molecule is C=CCc1cc(C=NNC(=O)CC(=O)Nc2ccc(C)c(C)c2)cc(OC)c1O. The van der Waals surface area contributed by atoms with Crippen molar-refractivity contribution in [1.29, 1.82) is 0 Å². The minimum atomic E-state index is -0.542. The molecule has 0 saturated heterocycles. The fourth-order valence-electron chi connectivity index (χ4n) is 2.62. The first-order valence-corrected chi connectivity index (χ1v) is 9.03. The third-order valence-electron chi connectivity index (χ3n) is 4.28. The number of hydrazone groups is 1. The van der Waals surface area contributed by atoms with Gasteiger partial charge < -0.3 is 15.2 Å². The lowest BCUT2D eigenvalue weighted by Gasteiger charge is -2.09. The van der Waals surface area contributed by atoms with Crippen LogP contribution in [0, 0.1) is 13.8 Å². The Morgan fingerprint density at radius 2 is 1.93 bits per heavy atom. The average molecular weight is 395 g/mol. The maximum absolute atomic E-state index is 12.0. The Balaban J connectivity index is 1.95. The highest BCUT2D eigenvalue weighted by Gasteiger charge is 2.11. The van der Waals surface area contributed by atoms with E-state index in [-0.39, 0.29) is 12.2 Å². The quantitative estimate of drug-likeness (QED) is 0.276. The molecule has 2 amide bonds. The van der Waals surface area contributed by atoms with E-state index in [1.165, 1.54) is 13.3 Å². The number of phenols is 1. The van der Waals surface area contributed by atoms with Crippen LogP contribution < -0.4 is 15.5 Å². The molecule has 0 saturated carbocycles. The monoisotopic (exact) mass is 395 g/mol. The molecule has 29 heavy (non-hydrogen) atoms. The zero-order valence-corrected chi connectivity index (χ0v) is 16.8. The highest BCUT2D eigenvalue weighted by molar-refractivity contribution is 6.03. The number of ether oxygens (including phenoxy) is 1. The van der Waals surface area contributed by atoms with Gasteiger partial charge in [-0.25, -0.2) is 5.43 Å². The molecule has 0 radical (unpaired) electrons. The predicted molar refractivity (Wildman–Crippen MR) is 113 cm³/mol. The molecule has 0 aliphatic heterocycles. The van der Waals surface area contributed by atoms with E-state index >= 15 is 0 Å². The first kappa shape index (κ1) is 21.7. The van der Waals surface area contributed by atoms with Gasteiger partial charge in [-0.15, -0.1) is 6.58 Å². The fraction of sp³-hybridized carbons (Fsp3) is 0.227. The molecule has 7 nitrogen and oxygen atoms in total. The van der Waals surface area contributed by atoms with E-state index < -0.39 is 11.8 Å². The molecular formula is C22H25N3O4. The van der Waals surface area contributed by atoms with Crippen molar-refractivity contribution >= 4 is 23.7 Å². The summed E-state index contributed by atoms with van der Waals surface area (Å²) in [5.74, 6) is -0.637. The van der Waals surface area contributed by atoms with Crippen LogP contribution in [-0.4, -0.2) is 30.2 Å². The molecule has 0 heterocycles. The summed E-state index contributed by atoms with van der Waals surface area (Å²) in [6, 6.07) is 8.84. The molecule has 2 aromatic carbocycles. The summed E-state index contributed by atoms with van der Waals surface area (Å²) in [6.07, 6.45) is 3.17. The van der Waals surface area contributed by atoms with Crippen molar-refractivity contribution in [3.8, 4) is 11.5 Å². The second-order valence-electron chi connectivity index (χ2n) is 6.54. The summed E-state index contributed by atoms with van der Waals surface area (Å²) in [5.41, 5.74) is 6.38. The van der Waals surface area contributed by atoms with Crippen molar-refractivity contribution in [2.24, 2.45) is 5.10 Å². The number of carbonyl (C=O) groups excluding carboxylic acids is 2. The van der Waals surface area contributed by atoms with Crippen molar-refractivity contribution < 1.29 is 19.4 Å². The van der Waals surface area contributed by atoms with Crippen molar-refractivity contribution in [1.82, 2.24) is 5.43 Å². The maximum Gasteiger partial charge on any atom is 0.249 e. The predicted octanol–water partition coefficient (Wildman–Crippen LogP) is 3.23. The van der Waals surface area contributed by atoms with Crippen molar-refractivity contribution in [3.05, 3.63) is 65.2 Å². The van der Waals surface area contributed by atoms with E-state index in [2.05, 4.69) is 22.4 Å². The standard InChI is InChI=1S/C22H25N3O4/c1-5-6-17-10-16(11-19(29-4)22(17)28)13-23-25-21(27)12-20(26)24-18-8-7-14(2)15(3)9-18/h5,7-11,13,28H,1,6,12H2,2-4H3,(H,24,26)(H,25,27). The van der Waals surface area contributed by atoms with Gasteiger partial charge in [-0.1, -0.05) is 12.1 Å². The van der Waals surface area contributed by atoms with Gasteiger partial charge in [0, 0.05) is 11.3 Å². The zero-order valence-electron chi connectivity index (χ0n) is 16.8. The fourth-order valence-corrected chi connectivity index (χ4v) is 2.62. The normalized spacial score (nSPS) is 10.6. The number of hydrogen-bond donors (Lipinski definition) is 3.